The Morgan fingerprint density at radius 1 is 1.57 bits per heavy atom. The predicted molar refractivity (Wildman–Crippen MR) is 53.1 cm³/mol. The van der Waals surface area contributed by atoms with Crippen molar-refractivity contribution < 1.29 is 9.59 Å². The van der Waals surface area contributed by atoms with Crippen LogP contribution < -0.4 is 10.6 Å². The van der Waals surface area contributed by atoms with Crippen molar-refractivity contribution >= 4 is 23.7 Å². The minimum Gasteiger partial charge on any atom is -0.359 e. The van der Waals surface area contributed by atoms with E-state index >= 15 is 0 Å². The predicted octanol–water partition coefficient (Wildman–Crippen LogP) is 0.00900. The molecule has 0 saturated carbocycles. The highest BCUT2D eigenvalue weighted by molar-refractivity contribution is 7.11. The molecule has 2 amide bonds. The molecule has 1 heterocycles. The zero-order valence-corrected chi connectivity index (χ0v) is 8.34. The van der Waals surface area contributed by atoms with Crippen LogP contribution in [0, 0.1) is 0 Å². The van der Waals surface area contributed by atoms with Crippen LogP contribution in [-0.2, 0) is 4.79 Å². The maximum absolute atomic E-state index is 11.3. The van der Waals surface area contributed by atoms with Crippen molar-refractivity contribution in [3.05, 3.63) is 16.6 Å². The van der Waals surface area contributed by atoms with Crippen molar-refractivity contribution in [2.75, 3.05) is 13.1 Å². The van der Waals surface area contributed by atoms with Gasteiger partial charge in [0.2, 0.25) is 6.41 Å². The number of carbonyl (C=O) groups excluding carboxylic acids is 2. The lowest BCUT2D eigenvalue weighted by molar-refractivity contribution is -0.109. The third kappa shape index (κ3) is 3.53. The van der Waals surface area contributed by atoms with Crippen LogP contribution in [0.3, 0.4) is 0 Å². The molecule has 1 rings (SSSR count). The van der Waals surface area contributed by atoms with Gasteiger partial charge in [-0.3, -0.25) is 9.59 Å². The second-order valence-electron chi connectivity index (χ2n) is 2.52. The Kier molecular flexibility index (Phi) is 4.63. The summed E-state index contributed by atoms with van der Waals surface area (Å²) in [5.74, 6) is -0.161. The van der Waals surface area contributed by atoms with Crippen LogP contribution in [0.25, 0.3) is 0 Å². The molecule has 1 aromatic heterocycles. The average Bonchev–Trinajstić information content (AvgIpc) is 2.70. The van der Waals surface area contributed by atoms with Gasteiger partial charge in [-0.25, -0.2) is 4.98 Å². The summed E-state index contributed by atoms with van der Waals surface area (Å²) in [6.45, 7) is 1.11. The van der Waals surface area contributed by atoms with Gasteiger partial charge < -0.3 is 10.6 Å². The van der Waals surface area contributed by atoms with E-state index in [0.29, 0.717) is 24.5 Å². The lowest BCUT2D eigenvalue weighted by atomic mass is 10.4. The summed E-state index contributed by atoms with van der Waals surface area (Å²) in [5, 5.41) is 7.43. The fraction of sp³-hybridized carbons (Fsp3) is 0.375. The average molecular weight is 213 g/mol. The van der Waals surface area contributed by atoms with Crippen molar-refractivity contribution in [1.82, 2.24) is 15.6 Å². The monoisotopic (exact) mass is 213 g/mol. The normalized spacial score (nSPS) is 9.43. The molecule has 0 bridgehead atoms. The van der Waals surface area contributed by atoms with Gasteiger partial charge in [0.05, 0.1) is 0 Å². The Bertz CT molecular complexity index is 287. The summed E-state index contributed by atoms with van der Waals surface area (Å²) >= 11 is 1.30. The van der Waals surface area contributed by atoms with E-state index < -0.39 is 0 Å². The highest BCUT2D eigenvalue weighted by atomic mass is 32.1. The first-order valence-corrected chi connectivity index (χ1v) is 5.07. The molecule has 0 unspecified atom stereocenters. The van der Waals surface area contributed by atoms with Gasteiger partial charge in [-0.05, 0) is 6.42 Å². The highest BCUT2D eigenvalue weighted by Crippen LogP contribution is 2.02. The van der Waals surface area contributed by atoms with Gasteiger partial charge in [0.1, 0.15) is 0 Å². The molecule has 0 aliphatic rings. The third-order valence-electron chi connectivity index (χ3n) is 1.49. The zero-order chi connectivity index (χ0) is 10.2. The molecule has 0 atom stereocenters. The van der Waals surface area contributed by atoms with E-state index in [1.165, 1.54) is 11.3 Å². The molecule has 14 heavy (non-hydrogen) atoms. The molecule has 76 valence electrons. The summed E-state index contributed by atoms with van der Waals surface area (Å²) in [4.78, 5) is 25.0. The van der Waals surface area contributed by atoms with E-state index in [4.69, 9.17) is 0 Å². The lowest BCUT2D eigenvalue weighted by Gasteiger charge is -2.01. The third-order valence-corrected chi connectivity index (χ3v) is 2.27. The summed E-state index contributed by atoms with van der Waals surface area (Å²) in [7, 11) is 0. The van der Waals surface area contributed by atoms with Gasteiger partial charge in [0.25, 0.3) is 5.91 Å². The number of amides is 2. The first kappa shape index (κ1) is 10.6. The van der Waals surface area contributed by atoms with E-state index in [0.717, 1.165) is 6.42 Å². The fourth-order valence-electron chi connectivity index (χ4n) is 0.862. The summed E-state index contributed by atoms with van der Waals surface area (Å²) in [6.07, 6.45) is 2.95. The molecule has 0 aliphatic carbocycles. The molecule has 0 fully saturated rings. The Labute approximate surface area is 85.5 Å². The van der Waals surface area contributed by atoms with Crippen molar-refractivity contribution in [1.29, 1.82) is 0 Å². The lowest BCUT2D eigenvalue weighted by Crippen LogP contribution is -2.26. The fourth-order valence-corrected chi connectivity index (χ4v) is 1.41. The van der Waals surface area contributed by atoms with Gasteiger partial charge in [-0.2, -0.15) is 0 Å². The van der Waals surface area contributed by atoms with Gasteiger partial charge in [0, 0.05) is 24.7 Å². The largest absolute Gasteiger partial charge is 0.359 e. The molecular formula is C8H11N3O2S. The van der Waals surface area contributed by atoms with Gasteiger partial charge >= 0.3 is 0 Å². The van der Waals surface area contributed by atoms with Gasteiger partial charge in [-0.15, -0.1) is 11.3 Å². The maximum atomic E-state index is 11.3. The van der Waals surface area contributed by atoms with Gasteiger partial charge in [0.15, 0.2) is 5.01 Å². The number of nitrogens with one attached hydrogen (secondary N) is 2. The summed E-state index contributed by atoms with van der Waals surface area (Å²) in [6, 6.07) is 0. The van der Waals surface area contributed by atoms with E-state index in [9.17, 15) is 9.59 Å². The maximum Gasteiger partial charge on any atom is 0.280 e. The minimum absolute atomic E-state index is 0.161. The molecule has 0 radical (unpaired) electrons. The first-order valence-electron chi connectivity index (χ1n) is 4.19. The van der Waals surface area contributed by atoms with Crippen molar-refractivity contribution in [3.8, 4) is 0 Å². The SMILES string of the molecule is O=CNCCCNC(=O)c1nccs1. The Morgan fingerprint density at radius 3 is 3.07 bits per heavy atom. The van der Waals surface area contributed by atoms with E-state index in [-0.39, 0.29) is 5.91 Å². The quantitative estimate of drug-likeness (QED) is 0.516. The number of aromatic nitrogens is 1. The Morgan fingerprint density at radius 2 is 2.43 bits per heavy atom. The molecule has 1 aromatic rings. The first-order chi connectivity index (χ1) is 6.84. The number of carbonyl (C=O) groups is 2. The van der Waals surface area contributed by atoms with Crippen LogP contribution in [0.1, 0.15) is 16.2 Å². The standard InChI is InChI=1S/C8H11N3O2S/c12-6-9-2-1-3-10-7(13)8-11-4-5-14-8/h4-6H,1-3H2,(H,9,12)(H,10,13). The molecular weight excluding hydrogens is 202 g/mol. The zero-order valence-electron chi connectivity index (χ0n) is 7.53. The second kappa shape index (κ2) is 6.09. The topological polar surface area (TPSA) is 71.1 Å². The van der Waals surface area contributed by atoms with Crippen LogP contribution in [0.5, 0.6) is 0 Å². The van der Waals surface area contributed by atoms with Crippen molar-refractivity contribution in [2.45, 2.75) is 6.42 Å². The highest BCUT2D eigenvalue weighted by Gasteiger charge is 2.05. The van der Waals surface area contributed by atoms with Crippen LogP contribution in [0.15, 0.2) is 11.6 Å². The van der Waals surface area contributed by atoms with Crippen LogP contribution in [0.2, 0.25) is 0 Å². The molecule has 5 nitrogen and oxygen atoms in total. The molecule has 0 saturated heterocycles. The van der Waals surface area contributed by atoms with Crippen molar-refractivity contribution in [2.24, 2.45) is 0 Å². The van der Waals surface area contributed by atoms with Crippen molar-refractivity contribution in [3.63, 3.8) is 0 Å². The number of rotatable bonds is 6. The number of thiazole rings is 1. The second-order valence-corrected chi connectivity index (χ2v) is 3.41. The van der Waals surface area contributed by atoms with E-state index in [2.05, 4.69) is 15.6 Å². The van der Waals surface area contributed by atoms with Crippen LogP contribution >= 0.6 is 11.3 Å². The number of nitrogens with zero attached hydrogens (tertiary/aromatic N) is 1. The molecule has 0 aliphatic heterocycles. The summed E-state index contributed by atoms with van der Waals surface area (Å²) < 4.78 is 0. The van der Waals surface area contributed by atoms with E-state index in [1.54, 1.807) is 11.6 Å². The van der Waals surface area contributed by atoms with Crippen LogP contribution in [0.4, 0.5) is 0 Å². The molecule has 2 N–H and O–H groups in total. The van der Waals surface area contributed by atoms with E-state index in [1.807, 2.05) is 0 Å². The Balaban J connectivity index is 2.13. The minimum atomic E-state index is -0.161. The number of hydrogen-bond donors (Lipinski definition) is 2. The number of hydrogen-bond acceptors (Lipinski definition) is 4. The smallest absolute Gasteiger partial charge is 0.280 e. The Hall–Kier alpha value is -1.43. The molecule has 0 aromatic carbocycles. The molecule has 0 spiro atoms. The summed E-state index contributed by atoms with van der Waals surface area (Å²) in [5.41, 5.74) is 0. The van der Waals surface area contributed by atoms with Gasteiger partial charge in [-0.1, -0.05) is 0 Å². The molecule has 6 heteroatoms. The van der Waals surface area contributed by atoms with Crippen LogP contribution in [-0.4, -0.2) is 30.4 Å².